The van der Waals surface area contributed by atoms with Gasteiger partial charge >= 0.3 is 0 Å². The molecule has 21 heavy (non-hydrogen) atoms. The van der Waals surface area contributed by atoms with Crippen molar-refractivity contribution in [1.29, 1.82) is 0 Å². The quantitative estimate of drug-likeness (QED) is 0.672. The monoisotopic (exact) mass is 323 g/mol. The summed E-state index contributed by atoms with van der Waals surface area (Å²) in [6.45, 7) is 2.42. The lowest BCUT2D eigenvalue weighted by atomic mass is 10.2. The summed E-state index contributed by atoms with van der Waals surface area (Å²) in [7, 11) is 0. The van der Waals surface area contributed by atoms with E-state index in [9.17, 15) is 4.39 Å². The highest BCUT2D eigenvalue weighted by Gasteiger charge is 2.12. The van der Waals surface area contributed by atoms with E-state index >= 15 is 0 Å². The highest BCUT2D eigenvalue weighted by atomic mass is 35.5. The van der Waals surface area contributed by atoms with Gasteiger partial charge in [-0.15, -0.1) is 11.6 Å². The smallest absolute Gasteiger partial charge is 0.160 e. The van der Waals surface area contributed by atoms with Crippen LogP contribution in [0.4, 0.5) is 4.39 Å². The molecule has 0 spiro atoms. The number of hydrogen-bond donors (Lipinski definition) is 0. The molecule has 0 N–H and O–H groups in total. The average molecular weight is 324 g/mol. The third-order valence-electron chi connectivity index (χ3n) is 3.25. The van der Waals surface area contributed by atoms with Gasteiger partial charge in [-0.3, -0.25) is 0 Å². The summed E-state index contributed by atoms with van der Waals surface area (Å²) in [6.07, 6.45) is 0. The van der Waals surface area contributed by atoms with Crippen LogP contribution in [0, 0.1) is 12.7 Å². The van der Waals surface area contributed by atoms with Gasteiger partial charge in [0.1, 0.15) is 17.2 Å². The summed E-state index contributed by atoms with van der Waals surface area (Å²) in [5.41, 5.74) is 3.34. The number of hydrogen-bond acceptors (Lipinski definition) is 2. The molecule has 0 aliphatic heterocycles. The van der Waals surface area contributed by atoms with Crippen molar-refractivity contribution in [2.24, 2.45) is 0 Å². The van der Waals surface area contributed by atoms with Gasteiger partial charge in [0.25, 0.3) is 0 Å². The fraction of sp³-hybridized carbons (Fsp3) is 0.200. The second kappa shape index (κ2) is 5.62. The predicted octanol–water partition coefficient (Wildman–Crippen LogP) is 4.32. The molecule has 0 fully saturated rings. The Kier molecular flexibility index (Phi) is 3.83. The Balaban J connectivity index is 2.09. The van der Waals surface area contributed by atoms with Gasteiger partial charge in [-0.05, 0) is 36.8 Å². The third-order valence-corrected chi connectivity index (χ3v) is 3.78. The molecule has 3 aromatic rings. The van der Waals surface area contributed by atoms with Gasteiger partial charge in [0.05, 0.1) is 17.4 Å². The molecule has 0 atom stereocenters. The Labute approximate surface area is 131 Å². The first-order chi connectivity index (χ1) is 10.1. The van der Waals surface area contributed by atoms with Crippen LogP contribution >= 0.6 is 23.2 Å². The molecule has 2 aromatic heterocycles. The van der Waals surface area contributed by atoms with Crippen LogP contribution < -0.4 is 0 Å². The Morgan fingerprint density at radius 2 is 2.00 bits per heavy atom. The van der Waals surface area contributed by atoms with Crippen molar-refractivity contribution in [3.05, 3.63) is 58.3 Å². The third kappa shape index (κ3) is 2.74. The SMILES string of the molecule is Cc1ccc2nc(CCl)n(Cc3ccc(F)c(Cl)c3)c2n1. The number of benzene rings is 1. The van der Waals surface area contributed by atoms with Crippen LogP contribution in [0.1, 0.15) is 17.1 Å². The van der Waals surface area contributed by atoms with Crippen LogP contribution in [0.3, 0.4) is 0 Å². The van der Waals surface area contributed by atoms with Gasteiger partial charge in [-0.1, -0.05) is 17.7 Å². The van der Waals surface area contributed by atoms with Gasteiger partial charge in [0, 0.05) is 5.69 Å². The van der Waals surface area contributed by atoms with E-state index in [4.69, 9.17) is 23.2 Å². The van der Waals surface area contributed by atoms with Crippen molar-refractivity contribution in [2.45, 2.75) is 19.3 Å². The van der Waals surface area contributed by atoms with Crippen LogP contribution in [0.25, 0.3) is 11.2 Å². The molecule has 1 aromatic carbocycles. The van der Waals surface area contributed by atoms with Gasteiger partial charge in [0.2, 0.25) is 0 Å². The normalized spacial score (nSPS) is 11.2. The van der Waals surface area contributed by atoms with Gasteiger partial charge < -0.3 is 4.57 Å². The molecule has 0 amide bonds. The fourth-order valence-electron chi connectivity index (χ4n) is 2.23. The molecule has 0 saturated heterocycles. The summed E-state index contributed by atoms with van der Waals surface area (Å²) in [6, 6.07) is 8.49. The molecular weight excluding hydrogens is 312 g/mol. The number of aromatic nitrogens is 3. The zero-order valence-corrected chi connectivity index (χ0v) is 12.8. The molecule has 0 unspecified atom stereocenters. The minimum absolute atomic E-state index is 0.105. The molecule has 0 saturated carbocycles. The van der Waals surface area contributed by atoms with Gasteiger partial charge in [-0.25, -0.2) is 14.4 Å². The largest absolute Gasteiger partial charge is 0.307 e. The van der Waals surface area contributed by atoms with Crippen LogP contribution in [-0.4, -0.2) is 14.5 Å². The minimum Gasteiger partial charge on any atom is -0.307 e. The molecule has 6 heteroatoms. The number of pyridine rings is 1. The number of imidazole rings is 1. The maximum Gasteiger partial charge on any atom is 0.160 e. The number of alkyl halides is 1. The zero-order valence-electron chi connectivity index (χ0n) is 11.3. The van der Waals surface area contributed by atoms with E-state index in [1.165, 1.54) is 6.07 Å². The molecule has 3 nitrogen and oxygen atoms in total. The summed E-state index contributed by atoms with van der Waals surface area (Å²) < 4.78 is 15.2. The van der Waals surface area contributed by atoms with E-state index in [1.54, 1.807) is 12.1 Å². The highest BCUT2D eigenvalue weighted by Crippen LogP contribution is 2.21. The molecule has 2 heterocycles. The topological polar surface area (TPSA) is 30.7 Å². The minimum atomic E-state index is -0.428. The van der Waals surface area contributed by atoms with E-state index < -0.39 is 5.82 Å². The Morgan fingerprint density at radius 3 is 2.71 bits per heavy atom. The predicted molar refractivity (Wildman–Crippen MR) is 82.3 cm³/mol. The van der Waals surface area contributed by atoms with Crippen molar-refractivity contribution in [3.63, 3.8) is 0 Å². The zero-order chi connectivity index (χ0) is 15.0. The second-order valence-corrected chi connectivity index (χ2v) is 5.47. The first kappa shape index (κ1) is 14.3. The standard InChI is InChI=1S/C15H12Cl2FN3/c1-9-2-5-13-15(19-9)21(14(7-16)20-13)8-10-3-4-12(18)11(17)6-10/h2-6H,7-8H2,1H3. The molecule has 0 aliphatic rings. The molecule has 0 radical (unpaired) electrons. The Morgan fingerprint density at radius 1 is 1.19 bits per heavy atom. The van der Waals surface area contributed by atoms with Crippen LogP contribution in [-0.2, 0) is 12.4 Å². The highest BCUT2D eigenvalue weighted by molar-refractivity contribution is 6.30. The first-order valence-electron chi connectivity index (χ1n) is 6.41. The van der Waals surface area contributed by atoms with Crippen molar-refractivity contribution in [3.8, 4) is 0 Å². The lowest BCUT2D eigenvalue weighted by Crippen LogP contribution is -2.05. The van der Waals surface area contributed by atoms with Gasteiger partial charge in [-0.2, -0.15) is 0 Å². The first-order valence-corrected chi connectivity index (χ1v) is 7.32. The molecule has 108 valence electrons. The number of rotatable bonds is 3. The summed E-state index contributed by atoms with van der Waals surface area (Å²) in [4.78, 5) is 8.98. The lowest BCUT2D eigenvalue weighted by molar-refractivity contribution is 0.626. The summed E-state index contributed by atoms with van der Waals surface area (Å²) in [5, 5.41) is 0.105. The van der Waals surface area contributed by atoms with Crippen molar-refractivity contribution in [1.82, 2.24) is 14.5 Å². The lowest BCUT2D eigenvalue weighted by Gasteiger charge is -2.08. The fourth-order valence-corrected chi connectivity index (χ4v) is 2.64. The van der Waals surface area contributed by atoms with E-state index in [0.717, 1.165) is 28.2 Å². The summed E-state index contributed by atoms with van der Waals surface area (Å²) >= 11 is 11.8. The Bertz CT molecular complexity index is 814. The van der Waals surface area contributed by atoms with Crippen molar-refractivity contribution < 1.29 is 4.39 Å². The number of nitrogens with zero attached hydrogens (tertiary/aromatic N) is 3. The molecule has 0 aliphatic carbocycles. The van der Waals surface area contributed by atoms with Crippen LogP contribution in [0.2, 0.25) is 5.02 Å². The van der Waals surface area contributed by atoms with E-state index in [0.29, 0.717) is 6.54 Å². The molecule has 3 rings (SSSR count). The van der Waals surface area contributed by atoms with Crippen molar-refractivity contribution >= 4 is 34.4 Å². The maximum absolute atomic E-state index is 13.2. The van der Waals surface area contributed by atoms with E-state index in [1.807, 2.05) is 23.6 Å². The van der Waals surface area contributed by atoms with E-state index in [2.05, 4.69) is 9.97 Å². The second-order valence-electron chi connectivity index (χ2n) is 4.79. The van der Waals surface area contributed by atoms with Crippen LogP contribution in [0.5, 0.6) is 0 Å². The van der Waals surface area contributed by atoms with E-state index in [-0.39, 0.29) is 10.9 Å². The number of fused-ring (bicyclic) bond motifs is 1. The summed E-state index contributed by atoms with van der Waals surface area (Å²) in [5.74, 6) is 0.581. The van der Waals surface area contributed by atoms with Crippen molar-refractivity contribution in [2.75, 3.05) is 0 Å². The number of halogens is 3. The van der Waals surface area contributed by atoms with Gasteiger partial charge in [0.15, 0.2) is 5.65 Å². The Hall–Kier alpha value is -1.65. The molecular formula is C15H12Cl2FN3. The molecule has 0 bridgehead atoms. The average Bonchev–Trinajstić information content (AvgIpc) is 2.80. The maximum atomic E-state index is 13.2. The number of aryl methyl sites for hydroxylation is 1. The van der Waals surface area contributed by atoms with Crippen LogP contribution in [0.15, 0.2) is 30.3 Å².